The predicted octanol–water partition coefficient (Wildman–Crippen LogP) is 10.4. The number of rotatable bonds is 9. The molecule has 0 aromatic heterocycles. The summed E-state index contributed by atoms with van der Waals surface area (Å²) in [6.07, 6.45) is 13.5. The summed E-state index contributed by atoms with van der Waals surface area (Å²) in [5.41, 5.74) is 1.11. The average molecular weight is 774 g/mol. The van der Waals surface area contributed by atoms with Crippen molar-refractivity contribution >= 4 is 35.2 Å². The van der Waals surface area contributed by atoms with Gasteiger partial charge in [-0.05, 0) is 153 Å². The Morgan fingerprint density at radius 1 is 0.927 bits per heavy atom. The quantitative estimate of drug-likeness (QED) is 0.191. The number of benzene rings is 1. The van der Waals surface area contributed by atoms with E-state index in [9.17, 15) is 24.3 Å². The Kier molecular flexibility index (Phi) is 9.75. The van der Waals surface area contributed by atoms with E-state index in [4.69, 9.17) is 16.3 Å². The van der Waals surface area contributed by atoms with Crippen molar-refractivity contribution in [2.24, 2.45) is 56.2 Å². The molecule has 55 heavy (non-hydrogen) atoms. The number of carbonyl (C=O) groups excluding carboxylic acids is 3. The van der Waals surface area contributed by atoms with Crippen LogP contribution in [-0.4, -0.2) is 34.8 Å². The second-order valence-corrected chi connectivity index (χ2v) is 21.5. The molecule has 6 aliphatic rings. The minimum absolute atomic E-state index is 0.0656. The number of amides is 1. The molecule has 0 saturated heterocycles. The van der Waals surface area contributed by atoms with E-state index >= 15 is 0 Å². The van der Waals surface area contributed by atoms with Crippen LogP contribution in [0, 0.1) is 56.2 Å². The first-order valence-corrected chi connectivity index (χ1v) is 21.4. The molecule has 0 heterocycles. The lowest BCUT2D eigenvalue weighted by molar-refractivity contribution is -0.221. The molecule has 0 radical (unpaired) electrons. The van der Waals surface area contributed by atoms with E-state index in [1.165, 1.54) is 5.57 Å². The molecular formula is C47H64ClNO6. The maximum atomic E-state index is 14.1. The van der Waals surface area contributed by atoms with E-state index < -0.39 is 22.8 Å². The highest BCUT2D eigenvalue weighted by atomic mass is 35.5. The van der Waals surface area contributed by atoms with Crippen LogP contribution in [0.25, 0.3) is 0 Å². The first-order chi connectivity index (χ1) is 25.5. The number of hydrogen-bond acceptors (Lipinski definition) is 5. The lowest BCUT2D eigenvalue weighted by Crippen LogP contribution is -2.64. The fourth-order valence-electron chi connectivity index (χ4n) is 13.9. The SMILES string of the molecule is CC(C)C1=C2[C@@](/C=C/C(=O)NC3(c4cccc(Cl)c4)CC3)(CC[C@H]3[C@]4(C)CC[C@H]5C(C)(C)[C@@H](OC(=O)CC(C)(C)C(=O)O)CC[C@]5(C)[C@H]4CC[C@]23C)CC1=O. The fraction of sp³-hybridized carbons (Fsp3) is 0.702. The van der Waals surface area contributed by atoms with Gasteiger partial charge in [-0.15, -0.1) is 0 Å². The normalized spacial score (nSPS) is 37.5. The van der Waals surface area contributed by atoms with Gasteiger partial charge in [0.2, 0.25) is 5.91 Å². The van der Waals surface area contributed by atoms with E-state index in [1.807, 2.05) is 24.3 Å². The van der Waals surface area contributed by atoms with Gasteiger partial charge in [0.05, 0.1) is 17.4 Å². The minimum atomic E-state index is -1.17. The van der Waals surface area contributed by atoms with E-state index in [2.05, 4.69) is 59.9 Å². The molecular weight excluding hydrogens is 710 g/mol. The third kappa shape index (κ3) is 6.36. The van der Waals surface area contributed by atoms with Gasteiger partial charge in [-0.2, -0.15) is 0 Å². The summed E-state index contributed by atoms with van der Waals surface area (Å²) in [6.45, 7) is 19.6. The molecule has 8 atom stereocenters. The lowest BCUT2D eigenvalue weighted by Gasteiger charge is -2.70. The summed E-state index contributed by atoms with van der Waals surface area (Å²) in [6, 6.07) is 7.77. The highest BCUT2D eigenvalue weighted by molar-refractivity contribution is 6.30. The van der Waals surface area contributed by atoms with Crippen LogP contribution in [-0.2, 0) is 29.5 Å². The Hall–Kier alpha value is -2.93. The molecule has 5 saturated carbocycles. The van der Waals surface area contributed by atoms with Crippen LogP contribution in [0.3, 0.4) is 0 Å². The van der Waals surface area contributed by atoms with Crippen LogP contribution in [0.4, 0.5) is 0 Å². The number of ether oxygens (including phenoxy) is 1. The molecule has 300 valence electrons. The van der Waals surface area contributed by atoms with Gasteiger partial charge < -0.3 is 15.2 Å². The Morgan fingerprint density at radius 3 is 2.20 bits per heavy atom. The second-order valence-electron chi connectivity index (χ2n) is 21.0. The van der Waals surface area contributed by atoms with E-state index in [1.54, 1.807) is 19.9 Å². The number of hydrogen-bond donors (Lipinski definition) is 2. The predicted molar refractivity (Wildman–Crippen MR) is 215 cm³/mol. The van der Waals surface area contributed by atoms with Crippen LogP contribution in [0.1, 0.15) is 145 Å². The summed E-state index contributed by atoms with van der Waals surface area (Å²) in [4.78, 5) is 52.7. The number of aliphatic carboxylic acids is 1. The first kappa shape index (κ1) is 40.3. The summed E-state index contributed by atoms with van der Waals surface area (Å²) in [5.74, 6) is 0.106. The summed E-state index contributed by atoms with van der Waals surface area (Å²) in [5, 5.41) is 13.6. The number of allylic oxidation sites excluding steroid dienone is 3. The summed E-state index contributed by atoms with van der Waals surface area (Å²) in [7, 11) is 0. The van der Waals surface area contributed by atoms with Gasteiger partial charge in [0.1, 0.15) is 6.10 Å². The van der Waals surface area contributed by atoms with E-state index in [0.29, 0.717) is 29.2 Å². The molecule has 0 unspecified atom stereocenters. The lowest BCUT2D eigenvalue weighted by atomic mass is 9.34. The average Bonchev–Trinajstić information content (AvgIpc) is 3.78. The van der Waals surface area contributed by atoms with Crippen LogP contribution >= 0.6 is 11.6 Å². The molecule has 7 rings (SSSR count). The van der Waals surface area contributed by atoms with Gasteiger partial charge >= 0.3 is 11.9 Å². The van der Waals surface area contributed by atoms with Gasteiger partial charge in [0.15, 0.2) is 5.78 Å². The number of nitrogens with one attached hydrogen (secondary N) is 1. The van der Waals surface area contributed by atoms with Crippen LogP contribution in [0.2, 0.25) is 5.02 Å². The number of carboxylic acids is 1. The molecule has 0 bridgehead atoms. The van der Waals surface area contributed by atoms with Gasteiger partial charge in [0, 0.05) is 22.3 Å². The number of ketones is 1. The first-order valence-electron chi connectivity index (χ1n) is 21.0. The fourth-order valence-corrected chi connectivity index (χ4v) is 14.1. The zero-order valence-electron chi connectivity index (χ0n) is 34.7. The zero-order valence-corrected chi connectivity index (χ0v) is 35.5. The number of halogens is 1. The molecule has 2 N–H and O–H groups in total. The number of fused-ring (bicyclic) bond motifs is 7. The van der Waals surface area contributed by atoms with E-state index in [-0.39, 0.29) is 57.3 Å². The number of Topliss-reactive ketones (excluding diaryl/α,β-unsaturated/α-hetero) is 1. The molecule has 0 aliphatic heterocycles. The number of carboxylic acid groups (broad SMARTS) is 1. The molecule has 1 aromatic rings. The Bertz CT molecular complexity index is 1850. The molecule has 8 heteroatoms. The smallest absolute Gasteiger partial charge is 0.309 e. The van der Waals surface area contributed by atoms with Gasteiger partial charge in [-0.3, -0.25) is 19.2 Å². The van der Waals surface area contributed by atoms with Crippen molar-refractivity contribution < 1.29 is 29.0 Å². The van der Waals surface area contributed by atoms with Crippen LogP contribution in [0.15, 0.2) is 47.6 Å². The third-order valence-electron chi connectivity index (χ3n) is 16.6. The van der Waals surface area contributed by atoms with Crippen molar-refractivity contribution in [3.05, 3.63) is 58.1 Å². The molecule has 7 nitrogen and oxygen atoms in total. The van der Waals surface area contributed by atoms with Gasteiger partial charge in [-0.25, -0.2) is 0 Å². The van der Waals surface area contributed by atoms with Gasteiger partial charge in [-0.1, -0.05) is 78.3 Å². The topological polar surface area (TPSA) is 110 Å². The zero-order chi connectivity index (χ0) is 40.1. The Balaban J connectivity index is 1.15. The highest BCUT2D eigenvalue weighted by Crippen LogP contribution is 2.76. The third-order valence-corrected chi connectivity index (χ3v) is 16.8. The minimum Gasteiger partial charge on any atom is -0.481 e. The maximum Gasteiger partial charge on any atom is 0.309 e. The maximum absolute atomic E-state index is 14.1. The summed E-state index contributed by atoms with van der Waals surface area (Å²) < 4.78 is 6.17. The van der Waals surface area contributed by atoms with Crippen molar-refractivity contribution in [3.8, 4) is 0 Å². The monoisotopic (exact) mass is 773 g/mol. The largest absolute Gasteiger partial charge is 0.481 e. The van der Waals surface area contributed by atoms with Crippen LogP contribution < -0.4 is 5.32 Å². The number of esters is 1. The molecule has 0 spiro atoms. The Labute approximate surface area is 333 Å². The van der Waals surface area contributed by atoms with Crippen molar-refractivity contribution in [2.75, 3.05) is 0 Å². The second kappa shape index (κ2) is 13.3. The van der Waals surface area contributed by atoms with Gasteiger partial charge in [0.25, 0.3) is 0 Å². The van der Waals surface area contributed by atoms with E-state index in [0.717, 1.165) is 75.3 Å². The molecule has 6 aliphatic carbocycles. The van der Waals surface area contributed by atoms with Crippen LogP contribution in [0.5, 0.6) is 0 Å². The van der Waals surface area contributed by atoms with Crippen molar-refractivity contribution in [2.45, 2.75) is 151 Å². The number of carbonyl (C=O) groups is 4. The molecule has 5 fully saturated rings. The molecule has 1 aromatic carbocycles. The van der Waals surface area contributed by atoms with Crippen molar-refractivity contribution in [1.29, 1.82) is 0 Å². The molecule has 1 amide bonds. The van der Waals surface area contributed by atoms with Crippen molar-refractivity contribution in [1.82, 2.24) is 5.32 Å². The van der Waals surface area contributed by atoms with Crippen molar-refractivity contribution in [3.63, 3.8) is 0 Å². The summed E-state index contributed by atoms with van der Waals surface area (Å²) >= 11 is 6.32. The standard InChI is InChI=1S/C47H64ClNO6/c1-28(2)38-31(50)26-46(22-17-36(51)49-47(23-24-47)29-11-10-12-30(48)25-29)21-15-34-44(8)18-13-32-42(5,6)35(55-37(52)27-41(3,4)40(53)54)16-20-43(32,7)33(44)14-19-45(34,9)39(38)46/h10-12,17,22,25,28,32-35H,13-16,18-21,23-24,26-27H2,1-9H3,(H,49,51)(H,53,54)/b22-17+/t32-,33+,34-,35-,43-,44+,45-,46+/m0/s1. The highest BCUT2D eigenvalue weighted by Gasteiger charge is 2.69. The Morgan fingerprint density at radius 2 is 1.56 bits per heavy atom.